The number of nitrogens with one attached hydrogen (secondary N) is 2. The van der Waals surface area contributed by atoms with E-state index in [-0.39, 0.29) is 17.6 Å². The van der Waals surface area contributed by atoms with Crippen molar-refractivity contribution in [3.63, 3.8) is 0 Å². The Kier molecular flexibility index (Phi) is 4.52. The molecular weight excluding hydrogens is 292 g/mol. The number of nitrogens with zero attached hydrogens (tertiary/aromatic N) is 2. The van der Waals surface area contributed by atoms with Gasteiger partial charge in [0.25, 0.3) is 0 Å². The molecule has 1 aliphatic rings. The number of piperidine rings is 1. The normalized spacial score (nSPS) is 21.5. The van der Waals surface area contributed by atoms with E-state index in [1.807, 2.05) is 24.3 Å². The van der Waals surface area contributed by atoms with Crippen LogP contribution in [0.5, 0.6) is 0 Å². The number of hydrogen-bond acceptors (Lipinski definition) is 3. The Morgan fingerprint density at radius 3 is 2.83 bits per heavy atom. The maximum absolute atomic E-state index is 12.3. The highest BCUT2D eigenvalue weighted by Crippen LogP contribution is 2.13. The molecule has 0 bridgehead atoms. The Labute approximate surface area is 135 Å². The predicted molar refractivity (Wildman–Crippen MR) is 90.4 cm³/mol. The number of hydrogen-bond donors (Lipinski definition) is 2. The minimum atomic E-state index is -0.0771. The lowest BCUT2D eigenvalue weighted by Gasteiger charge is -2.30. The third kappa shape index (κ3) is 3.17. The van der Waals surface area contributed by atoms with E-state index in [9.17, 15) is 9.59 Å². The summed E-state index contributed by atoms with van der Waals surface area (Å²) in [4.78, 5) is 24.6. The molecule has 1 aliphatic heterocycles. The molecule has 124 valence electrons. The summed E-state index contributed by atoms with van der Waals surface area (Å²) in [5.74, 6) is 0.492. The van der Waals surface area contributed by atoms with Gasteiger partial charge in [0, 0.05) is 32.6 Å². The fraction of sp³-hybridized carbons (Fsp3) is 0.529. The third-order valence-corrected chi connectivity index (χ3v) is 4.79. The molecule has 2 N–H and O–H groups in total. The monoisotopic (exact) mass is 316 g/mol. The highest BCUT2D eigenvalue weighted by Gasteiger charge is 2.22. The molecule has 1 aromatic heterocycles. The van der Waals surface area contributed by atoms with Crippen molar-refractivity contribution in [3.8, 4) is 0 Å². The fourth-order valence-corrected chi connectivity index (χ4v) is 3.25. The molecule has 2 unspecified atom stereocenters. The van der Waals surface area contributed by atoms with Crippen molar-refractivity contribution in [1.82, 2.24) is 19.8 Å². The topological polar surface area (TPSA) is 68.1 Å². The average molecular weight is 316 g/mol. The molecule has 3 rings (SSSR count). The smallest absolute Gasteiger partial charge is 0.328 e. The molecule has 6 heteroatoms. The lowest BCUT2D eigenvalue weighted by molar-refractivity contribution is -0.122. The molecule has 23 heavy (non-hydrogen) atoms. The van der Waals surface area contributed by atoms with Crippen molar-refractivity contribution in [2.45, 2.75) is 32.4 Å². The Hall–Kier alpha value is -2.08. The first kappa shape index (κ1) is 15.8. The SMILES string of the molecule is CC1CCNCC1NC(=O)CCn1c(=O)n(C)c2ccccc21. The van der Waals surface area contributed by atoms with Crippen molar-refractivity contribution < 1.29 is 4.79 Å². The van der Waals surface area contributed by atoms with Crippen LogP contribution in [0, 0.1) is 5.92 Å². The van der Waals surface area contributed by atoms with Crippen LogP contribution < -0.4 is 16.3 Å². The van der Waals surface area contributed by atoms with Crippen LogP contribution in [0.2, 0.25) is 0 Å². The highest BCUT2D eigenvalue weighted by molar-refractivity contribution is 5.78. The third-order valence-electron chi connectivity index (χ3n) is 4.79. The first-order valence-electron chi connectivity index (χ1n) is 8.22. The van der Waals surface area contributed by atoms with Crippen LogP contribution in [0.4, 0.5) is 0 Å². The van der Waals surface area contributed by atoms with Gasteiger partial charge in [0.15, 0.2) is 0 Å². The number of amides is 1. The number of rotatable bonds is 4. The first-order valence-corrected chi connectivity index (χ1v) is 8.22. The van der Waals surface area contributed by atoms with Crippen LogP contribution in [0.1, 0.15) is 19.8 Å². The summed E-state index contributed by atoms with van der Waals surface area (Å²) in [5, 5.41) is 6.40. The molecule has 0 radical (unpaired) electrons. The lowest BCUT2D eigenvalue weighted by Crippen LogP contribution is -2.50. The zero-order valence-electron chi connectivity index (χ0n) is 13.7. The lowest BCUT2D eigenvalue weighted by atomic mass is 9.95. The van der Waals surface area contributed by atoms with E-state index >= 15 is 0 Å². The van der Waals surface area contributed by atoms with E-state index in [1.165, 1.54) is 0 Å². The molecule has 2 aromatic rings. The number of carbonyl (C=O) groups excluding carboxylic acids is 1. The van der Waals surface area contributed by atoms with Crippen LogP contribution in [0.3, 0.4) is 0 Å². The van der Waals surface area contributed by atoms with Crippen LogP contribution in [-0.2, 0) is 18.4 Å². The van der Waals surface area contributed by atoms with Gasteiger partial charge < -0.3 is 10.6 Å². The fourth-order valence-electron chi connectivity index (χ4n) is 3.25. The number of aryl methyl sites for hydroxylation is 2. The summed E-state index contributed by atoms with van der Waals surface area (Å²) in [5.41, 5.74) is 1.69. The van der Waals surface area contributed by atoms with E-state index in [4.69, 9.17) is 0 Å². The van der Waals surface area contributed by atoms with E-state index < -0.39 is 0 Å². The van der Waals surface area contributed by atoms with Gasteiger partial charge in [0.05, 0.1) is 11.0 Å². The van der Waals surface area contributed by atoms with E-state index in [1.54, 1.807) is 16.2 Å². The quantitative estimate of drug-likeness (QED) is 0.878. The summed E-state index contributed by atoms with van der Waals surface area (Å²) in [6, 6.07) is 7.84. The molecule has 0 saturated carbocycles. The number of para-hydroxylation sites is 2. The van der Waals surface area contributed by atoms with Gasteiger partial charge >= 0.3 is 5.69 Å². The Morgan fingerprint density at radius 2 is 2.09 bits per heavy atom. The van der Waals surface area contributed by atoms with E-state index in [0.29, 0.717) is 18.9 Å². The van der Waals surface area contributed by atoms with Gasteiger partial charge in [-0.1, -0.05) is 19.1 Å². The standard InChI is InChI=1S/C17H24N4O2/c1-12-7-9-18-11-13(12)19-16(22)8-10-21-15-6-4-3-5-14(15)20(2)17(21)23/h3-6,12-13,18H,7-11H2,1-2H3,(H,19,22). The van der Waals surface area contributed by atoms with Gasteiger partial charge in [-0.05, 0) is 31.0 Å². The van der Waals surface area contributed by atoms with E-state index in [2.05, 4.69) is 17.6 Å². The Bertz CT molecular complexity index is 762. The molecule has 0 aliphatic carbocycles. The number of benzene rings is 1. The molecule has 6 nitrogen and oxygen atoms in total. The first-order chi connectivity index (χ1) is 11.1. The van der Waals surface area contributed by atoms with Crippen LogP contribution in [0.25, 0.3) is 11.0 Å². The summed E-state index contributed by atoms with van der Waals surface area (Å²) in [6.07, 6.45) is 1.39. The minimum Gasteiger partial charge on any atom is -0.352 e. The molecular formula is C17H24N4O2. The molecule has 2 atom stereocenters. The number of imidazole rings is 1. The van der Waals surface area contributed by atoms with Crippen molar-refractivity contribution in [2.75, 3.05) is 13.1 Å². The van der Waals surface area contributed by atoms with Crippen LogP contribution in [-0.4, -0.2) is 34.2 Å². The second kappa shape index (κ2) is 6.58. The summed E-state index contributed by atoms with van der Waals surface area (Å²) in [6.45, 7) is 4.40. The summed E-state index contributed by atoms with van der Waals surface area (Å²) >= 11 is 0. The van der Waals surface area contributed by atoms with Crippen LogP contribution >= 0.6 is 0 Å². The minimum absolute atomic E-state index is 0.00499. The number of aromatic nitrogens is 2. The second-order valence-corrected chi connectivity index (χ2v) is 6.38. The molecule has 1 amide bonds. The number of carbonyl (C=O) groups is 1. The maximum Gasteiger partial charge on any atom is 0.328 e. The van der Waals surface area contributed by atoms with Crippen molar-refractivity contribution >= 4 is 16.9 Å². The molecule has 1 saturated heterocycles. The van der Waals surface area contributed by atoms with Gasteiger partial charge in [0.1, 0.15) is 0 Å². The predicted octanol–water partition coefficient (Wildman–Crippen LogP) is 0.844. The summed E-state index contributed by atoms with van der Waals surface area (Å²) < 4.78 is 3.30. The van der Waals surface area contributed by atoms with Gasteiger partial charge in [0.2, 0.25) is 5.91 Å². The average Bonchev–Trinajstić information content (AvgIpc) is 2.80. The molecule has 2 heterocycles. The van der Waals surface area contributed by atoms with Gasteiger partial charge in [-0.25, -0.2) is 4.79 Å². The summed E-state index contributed by atoms with van der Waals surface area (Å²) in [7, 11) is 1.76. The van der Waals surface area contributed by atoms with E-state index in [0.717, 1.165) is 30.5 Å². The number of fused-ring (bicyclic) bond motifs is 1. The van der Waals surface area contributed by atoms with Gasteiger partial charge in [-0.15, -0.1) is 0 Å². The molecule has 1 fully saturated rings. The highest BCUT2D eigenvalue weighted by atomic mass is 16.2. The largest absolute Gasteiger partial charge is 0.352 e. The maximum atomic E-state index is 12.3. The molecule has 1 aromatic carbocycles. The zero-order chi connectivity index (χ0) is 16.4. The van der Waals surface area contributed by atoms with Crippen molar-refractivity contribution in [2.24, 2.45) is 13.0 Å². The zero-order valence-corrected chi connectivity index (χ0v) is 13.7. The van der Waals surface area contributed by atoms with Gasteiger partial charge in [-0.2, -0.15) is 0 Å². The van der Waals surface area contributed by atoms with Crippen molar-refractivity contribution in [3.05, 3.63) is 34.7 Å². The van der Waals surface area contributed by atoms with Crippen LogP contribution in [0.15, 0.2) is 29.1 Å². The van der Waals surface area contributed by atoms with Crippen molar-refractivity contribution in [1.29, 1.82) is 0 Å². The second-order valence-electron chi connectivity index (χ2n) is 6.38. The molecule has 0 spiro atoms. The van der Waals surface area contributed by atoms with Gasteiger partial charge in [-0.3, -0.25) is 13.9 Å². The Balaban J connectivity index is 1.68. The Morgan fingerprint density at radius 1 is 1.35 bits per heavy atom.